The van der Waals surface area contributed by atoms with Crippen molar-refractivity contribution in [1.29, 1.82) is 0 Å². The number of benzene rings is 2. The maximum atomic E-state index is 13.0. The lowest BCUT2D eigenvalue weighted by Gasteiger charge is -2.08. The Morgan fingerprint density at radius 3 is 2.44 bits per heavy atom. The Labute approximate surface area is 154 Å². The number of nitrogens with one attached hydrogen (secondary N) is 2. The summed E-state index contributed by atoms with van der Waals surface area (Å²) in [6.07, 6.45) is 1.40. The van der Waals surface area contributed by atoms with E-state index in [1.165, 1.54) is 36.6 Å². The Hall–Kier alpha value is -3.74. The Morgan fingerprint density at radius 1 is 0.963 bits per heavy atom. The molecule has 2 amide bonds. The van der Waals surface area contributed by atoms with Gasteiger partial charge < -0.3 is 9.73 Å². The summed E-state index contributed by atoms with van der Waals surface area (Å²) in [6, 6.07) is 15.4. The molecule has 1 aromatic heterocycles. The van der Waals surface area contributed by atoms with Crippen molar-refractivity contribution in [1.82, 2.24) is 5.43 Å². The fourth-order valence-corrected chi connectivity index (χ4v) is 2.29. The predicted octanol–water partition coefficient (Wildman–Crippen LogP) is 3.83. The number of halogens is 1. The molecule has 0 saturated heterocycles. The van der Waals surface area contributed by atoms with Gasteiger partial charge in [-0.2, -0.15) is 5.10 Å². The molecule has 0 radical (unpaired) electrons. The third-order valence-corrected chi connectivity index (χ3v) is 3.71. The highest BCUT2D eigenvalue weighted by atomic mass is 19.1. The molecule has 0 fully saturated rings. The first-order chi connectivity index (χ1) is 13.0. The molecule has 27 heavy (non-hydrogen) atoms. The van der Waals surface area contributed by atoms with Gasteiger partial charge in [-0.1, -0.05) is 12.1 Å². The van der Waals surface area contributed by atoms with Crippen LogP contribution in [0, 0.1) is 5.82 Å². The van der Waals surface area contributed by atoms with Gasteiger partial charge in [0.05, 0.1) is 12.0 Å². The summed E-state index contributed by atoms with van der Waals surface area (Å²) in [5.41, 5.74) is 4.57. The third kappa shape index (κ3) is 4.66. The number of hydrogen-bond acceptors (Lipinski definition) is 4. The van der Waals surface area contributed by atoms with E-state index >= 15 is 0 Å². The van der Waals surface area contributed by atoms with Crippen molar-refractivity contribution in [3.05, 3.63) is 89.6 Å². The van der Waals surface area contributed by atoms with E-state index in [2.05, 4.69) is 15.8 Å². The molecule has 0 saturated carbocycles. The van der Waals surface area contributed by atoms with Crippen LogP contribution in [0.3, 0.4) is 0 Å². The van der Waals surface area contributed by atoms with E-state index in [4.69, 9.17) is 4.42 Å². The van der Waals surface area contributed by atoms with Gasteiger partial charge in [0.1, 0.15) is 5.82 Å². The van der Waals surface area contributed by atoms with Crippen molar-refractivity contribution >= 4 is 23.2 Å². The van der Waals surface area contributed by atoms with Crippen molar-refractivity contribution in [3.63, 3.8) is 0 Å². The smallest absolute Gasteiger partial charge is 0.307 e. The number of anilines is 1. The molecule has 0 unspecified atom stereocenters. The summed E-state index contributed by atoms with van der Waals surface area (Å²) in [5.74, 6) is -1.06. The summed E-state index contributed by atoms with van der Waals surface area (Å²) in [7, 11) is 0. The molecule has 1 heterocycles. The van der Waals surface area contributed by atoms with Crippen LogP contribution in [0.25, 0.3) is 0 Å². The van der Waals surface area contributed by atoms with Gasteiger partial charge in [0.25, 0.3) is 5.91 Å². The first-order valence-electron chi connectivity index (χ1n) is 8.08. The number of rotatable bonds is 5. The van der Waals surface area contributed by atoms with Gasteiger partial charge in [0, 0.05) is 11.3 Å². The fourth-order valence-electron chi connectivity index (χ4n) is 2.29. The molecular weight excluding hydrogens is 349 g/mol. The number of nitrogens with zero attached hydrogens (tertiary/aromatic N) is 1. The summed E-state index contributed by atoms with van der Waals surface area (Å²) in [4.78, 5) is 24.1. The van der Waals surface area contributed by atoms with E-state index in [1.807, 2.05) is 0 Å². The van der Waals surface area contributed by atoms with Gasteiger partial charge in [-0.15, -0.1) is 0 Å². The predicted molar refractivity (Wildman–Crippen MR) is 99.2 cm³/mol. The Morgan fingerprint density at radius 2 is 1.74 bits per heavy atom. The molecule has 6 nitrogen and oxygen atoms in total. The van der Waals surface area contributed by atoms with Crippen molar-refractivity contribution in [2.24, 2.45) is 5.10 Å². The van der Waals surface area contributed by atoms with Gasteiger partial charge >= 0.3 is 5.91 Å². The number of carbonyl (C=O) groups excluding carboxylic acids is 2. The lowest BCUT2D eigenvalue weighted by atomic mass is 10.1. The van der Waals surface area contributed by atoms with Crippen LogP contribution in [0.1, 0.15) is 33.4 Å². The Balaban J connectivity index is 1.69. The largest absolute Gasteiger partial charge is 0.459 e. The second kappa shape index (κ2) is 8.09. The van der Waals surface area contributed by atoms with E-state index in [-0.39, 0.29) is 11.7 Å². The second-order valence-electron chi connectivity index (χ2n) is 5.66. The summed E-state index contributed by atoms with van der Waals surface area (Å²) in [5, 5.41) is 6.78. The highest BCUT2D eigenvalue weighted by Gasteiger charge is 2.09. The van der Waals surface area contributed by atoms with E-state index in [0.29, 0.717) is 22.5 Å². The average Bonchev–Trinajstić information content (AvgIpc) is 3.21. The Bertz CT molecular complexity index is 980. The number of amides is 2. The molecule has 0 aliphatic carbocycles. The molecule has 0 aliphatic heterocycles. The van der Waals surface area contributed by atoms with Gasteiger partial charge in [0.15, 0.2) is 5.76 Å². The lowest BCUT2D eigenvalue weighted by Crippen LogP contribution is -2.18. The molecular formula is C20H16FN3O3. The fraction of sp³-hybridized carbons (Fsp3) is 0.0500. The molecule has 136 valence electrons. The van der Waals surface area contributed by atoms with Crippen LogP contribution in [0.2, 0.25) is 0 Å². The number of hydrazone groups is 1. The van der Waals surface area contributed by atoms with Crippen LogP contribution < -0.4 is 10.7 Å². The average molecular weight is 365 g/mol. The van der Waals surface area contributed by atoms with Gasteiger partial charge in [-0.3, -0.25) is 9.59 Å². The van der Waals surface area contributed by atoms with E-state index in [0.717, 1.165) is 0 Å². The van der Waals surface area contributed by atoms with Crippen molar-refractivity contribution in [3.8, 4) is 0 Å². The molecule has 3 aromatic rings. The molecule has 3 rings (SSSR count). The van der Waals surface area contributed by atoms with E-state index in [1.54, 1.807) is 37.3 Å². The monoisotopic (exact) mass is 365 g/mol. The van der Waals surface area contributed by atoms with Gasteiger partial charge in [0.2, 0.25) is 0 Å². The first kappa shape index (κ1) is 18.1. The second-order valence-corrected chi connectivity index (χ2v) is 5.66. The highest BCUT2D eigenvalue weighted by molar-refractivity contribution is 6.05. The van der Waals surface area contributed by atoms with Gasteiger partial charge in [-0.05, 0) is 61.0 Å². The summed E-state index contributed by atoms with van der Waals surface area (Å²) >= 11 is 0. The Kier molecular flexibility index (Phi) is 5.41. The standard InChI is InChI=1S/C20H16FN3O3/c1-13(23-24-20(26)18-6-3-11-27-18)15-4-2-5-17(12-15)22-19(25)14-7-9-16(21)10-8-14/h2-12H,1H3,(H,22,25)(H,24,26). The highest BCUT2D eigenvalue weighted by Crippen LogP contribution is 2.14. The van der Waals surface area contributed by atoms with Crippen LogP contribution in [0.5, 0.6) is 0 Å². The maximum absolute atomic E-state index is 13.0. The van der Waals surface area contributed by atoms with Crippen LogP contribution in [-0.2, 0) is 0 Å². The zero-order valence-electron chi connectivity index (χ0n) is 14.4. The van der Waals surface area contributed by atoms with Crippen molar-refractivity contribution in [2.75, 3.05) is 5.32 Å². The SMILES string of the molecule is CC(=NNC(=O)c1ccco1)c1cccc(NC(=O)c2ccc(F)cc2)c1. The summed E-state index contributed by atoms with van der Waals surface area (Å²) in [6.45, 7) is 1.73. The number of hydrogen-bond donors (Lipinski definition) is 2. The van der Waals surface area contributed by atoms with E-state index < -0.39 is 11.7 Å². The van der Waals surface area contributed by atoms with Crippen molar-refractivity contribution < 1.29 is 18.4 Å². The first-order valence-corrected chi connectivity index (χ1v) is 8.08. The zero-order valence-corrected chi connectivity index (χ0v) is 14.4. The molecule has 2 N–H and O–H groups in total. The maximum Gasteiger partial charge on any atom is 0.307 e. The van der Waals surface area contributed by atoms with Crippen molar-refractivity contribution in [2.45, 2.75) is 6.92 Å². The number of furan rings is 1. The van der Waals surface area contributed by atoms with Crippen LogP contribution in [0.4, 0.5) is 10.1 Å². The quantitative estimate of drug-likeness (QED) is 0.532. The molecule has 0 bridgehead atoms. The zero-order chi connectivity index (χ0) is 19.2. The minimum atomic E-state index is -0.458. The topological polar surface area (TPSA) is 83.7 Å². The molecule has 0 aliphatic rings. The van der Waals surface area contributed by atoms with Gasteiger partial charge in [-0.25, -0.2) is 9.82 Å². The molecule has 7 heteroatoms. The molecule has 2 aromatic carbocycles. The normalized spacial score (nSPS) is 11.1. The minimum Gasteiger partial charge on any atom is -0.459 e. The number of carbonyl (C=O) groups is 2. The van der Waals surface area contributed by atoms with E-state index in [9.17, 15) is 14.0 Å². The molecule has 0 spiro atoms. The minimum absolute atomic E-state index is 0.159. The third-order valence-electron chi connectivity index (χ3n) is 3.71. The summed E-state index contributed by atoms with van der Waals surface area (Å²) < 4.78 is 18.0. The lowest BCUT2D eigenvalue weighted by molar-refractivity contribution is 0.0926. The van der Waals surface area contributed by atoms with Crippen LogP contribution in [0.15, 0.2) is 76.4 Å². The molecule has 0 atom stereocenters. The van der Waals surface area contributed by atoms with Crippen LogP contribution in [-0.4, -0.2) is 17.5 Å². The van der Waals surface area contributed by atoms with Crippen LogP contribution >= 0.6 is 0 Å².